The highest BCUT2D eigenvalue weighted by Crippen LogP contribution is 2.55. The summed E-state index contributed by atoms with van der Waals surface area (Å²) < 4.78 is 7.18. The fourth-order valence-electron chi connectivity index (χ4n) is 6.46. The molecular formula is C35H25N3O4S. The molecule has 210 valence electrons. The number of benzene rings is 4. The van der Waals surface area contributed by atoms with Crippen molar-refractivity contribution in [3.63, 3.8) is 0 Å². The number of anilines is 2. The fraction of sp³-hybridized carbons (Fsp3) is 0.143. The molecule has 4 aromatic carbocycles. The van der Waals surface area contributed by atoms with E-state index in [0.717, 1.165) is 27.0 Å². The van der Waals surface area contributed by atoms with Crippen molar-refractivity contribution in [1.82, 2.24) is 4.98 Å². The van der Waals surface area contributed by atoms with Gasteiger partial charge in [0, 0.05) is 5.56 Å². The number of carbonyl (C=O) groups is 2. The lowest BCUT2D eigenvalue weighted by Gasteiger charge is -2.32. The summed E-state index contributed by atoms with van der Waals surface area (Å²) in [5.41, 5.74) is 3.90. The highest BCUT2D eigenvalue weighted by atomic mass is 32.1. The molecule has 6 aromatic rings. The number of thiazole rings is 1. The Labute approximate surface area is 250 Å². The zero-order chi connectivity index (χ0) is 29.6. The van der Waals surface area contributed by atoms with Crippen molar-refractivity contribution in [2.24, 2.45) is 0 Å². The molecule has 0 aliphatic carbocycles. The predicted octanol–water partition coefficient (Wildman–Crippen LogP) is 6.78. The van der Waals surface area contributed by atoms with Gasteiger partial charge in [-0.05, 0) is 73.4 Å². The number of hydrogen-bond acceptors (Lipinski definition) is 6. The zero-order valence-corrected chi connectivity index (χ0v) is 24.5. The average molecular weight is 584 g/mol. The number of nitrogens with zero attached hydrogens (tertiary/aromatic N) is 3. The number of fused-ring (bicyclic) bond motifs is 6. The van der Waals surface area contributed by atoms with Crippen molar-refractivity contribution >= 4 is 55.2 Å². The third-order valence-corrected chi connectivity index (χ3v) is 9.65. The van der Waals surface area contributed by atoms with Crippen LogP contribution in [0.3, 0.4) is 0 Å². The standard InChI is InChI=1S/C35H25N3O4S/c1-19-13-14-25-28(15-19)43-34(36-25)38-32(40)31-29(30(39)23-16-20(2)21(3)17-27(23)42-31)35(38)24-11-7-8-12-26(24)37(33(35)41)18-22-9-5-4-6-10-22/h4-17H,18H2,1-3H3. The zero-order valence-electron chi connectivity index (χ0n) is 23.7. The van der Waals surface area contributed by atoms with E-state index in [1.807, 2.05) is 93.6 Å². The lowest BCUT2D eigenvalue weighted by molar-refractivity contribution is -0.121. The third-order valence-electron chi connectivity index (χ3n) is 8.65. The summed E-state index contributed by atoms with van der Waals surface area (Å²) in [7, 11) is 0. The van der Waals surface area contributed by atoms with Crippen LogP contribution in [-0.4, -0.2) is 16.8 Å². The smallest absolute Gasteiger partial charge is 0.297 e. The Bertz CT molecular complexity index is 2240. The number of aryl methyl sites for hydroxylation is 3. The number of amides is 2. The number of carbonyl (C=O) groups excluding carboxylic acids is 2. The quantitative estimate of drug-likeness (QED) is 0.229. The summed E-state index contributed by atoms with van der Waals surface area (Å²) in [5.74, 6) is -1.08. The molecule has 0 radical (unpaired) electrons. The van der Waals surface area contributed by atoms with E-state index in [1.54, 1.807) is 17.0 Å². The summed E-state index contributed by atoms with van der Waals surface area (Å²) in [4.78, 5) is 52.1. The van der Waals surface area contributed by atoms with Gasteiger partial charge in [0.2, 0.25) is 5.76 Å². The van der Waals surface area contributed by atoms with Gasteiger partial charge in [0.1, 0.15) is 5.58 Å². The second-order valence-electron chi connectivity index (χ2n) is 11.3. The van der Waals surface area contributed by atoms with E-state index >= 15 is 4.79 Å². The minimum absolute atomic E-state index is 0.0386. The van der Waals surface area contributed by atoms with Crippen LogP contribution >= 0.6 is 11.3 Å². The van der Waals surface area contributed by atoms with Crippen LogP contribution < -0.4 is 15.2 Å². The molecule has 0 bridgehead atoms. The number of rotatable bonds is 3. The molecule has 2 aliphatic rings. The van der Waals surface area contributed by atoms with Gasteiger partial charge in [-0.25, -0.2) is 4.98 Å². The van der Waals surface area contributed by atoms with E-state index in [0.29, 0.717) is 32.9 Å². The first-order chi connectivity index (χ1) is 20.8. The Morgan fingerprint density at radius 3 is 2.42 bits per heavy atom. The number of para-hydroxylation sites is 1. The summed E-state index contributed by atoms with van der Waals surface area (Å²) in [6.07, 6.45) is 0. The Kier molecular flexibility index (Phi) is 5.34. The van der Waals surface area contributed by atoms with Gasteiger partial charge in [-0.3, -0.25) is 19.3 Å². The van der Waals surface area contributed by atoms with Crippen LogP contribution in [0.25, 0.3) is 21.2 Å². The first kappa shape index (κ1) is 25.6. The molecule has 8 heteroatoms. The molecule has 2 aliphatic heterocycles. The van der Waals surface area contributed by atoms with Gasteiger partial charge < -0.3 is 9.32 Å². The molecule has 4 heterocycles. The Hall–Kier alpha value is -5.08. The molecule has 2 amide bonds. The van der Waals surface area contributed by atoms with E-state index < -0.39 is 22.8 Å². The van der Waals surface area contributed by atoms with Crippen LogP contribution in [0, 0.1) is 20.8 Å². The minimum Gasteiger partial charge on any atom is -0.450 e. The Morgan fingerprint density at radius 2 is 1.60 bits per heavy atom. The lowest BCUT2D eigenvalue weighted by atomic mass is 9.84. The second-order valence-corrected chi connectivity index (χ2v) is 12.3. The molecule has 0 N–H and O–H groups in total. The summed E-state index contributed by atoms with van der Waals surface area (Å²) in [5, 5.41) is 0.667. The van der Waals surface area contributed by atoms with Crippen molar-refractivity contribution in [2.75, 3.05) is 9.80 Å². The van der Waals surface area contributed by atoms with E-state index in [1.165, 1.54) is 16.2 Å². The highest BCUT2D eigenvalue weighted by molar-refractivity contribution is 7.22. The fourth-order valence-corrected chi connectivity index (χ4v) is 7.57. The van der Waals surface area contributed by atoms with E-state index in [2.05, 4.69) is 0 Å². The van der Waals surface area contributed by atoms with Crippen molar-refractivity contribution in [3.05, 3.63) is 134 Å². The molecule has 0 saturated carbocycles. The maximum atomic E-state index is 15.1. The van der Waals surface area contributed by atoms with Crippen molar-refractivity contribution in [1.29, 1.82) is 0 Å². The van der Waals surface area contributed by atoms with Crippen LogP contribution in [0.5, 0.6) is 0 Å². The van der Waals surface area contributed by atoms with Gasteiger partial charge in [0.25, 0.3) is 11.8 Å². The number of aromatic nitrogens is 1. The van der Waals surface area contributed by atoms with Gasteiger partial charge in [0.05, 0.1) is 33.4 Å². The summed E-state index contributed by atoms with van der Waals surface area (Å²) in [6, 6.07) is 26.5. The van der Waals surface area contributed by atoms with Gasteiger partial charge in [-0.15, -0.1) is 0 Å². The van der Waals surface area contributed by atoms with Crippen molar-refractivity contribution in [2.45, 2.75) is 32.9 Å². The molecule has 2 aromatic heterocycles. The Morgan fingerprint density at radius 1 is 0.860 bits per heavy atom. The monoisotopic (exact) mass is 583 g/mol. The van der Waals surface area contributed by atoms with Gasteiger partial charge in [0.15, 0.2) is 16.1 Å². The lowest BCUT2D eigenvalue weighted by Crippen LogP contribution is -2.53. The topological polar surface area (TPSA) is 83.7 Å². The van der Waals surface area contributed by atoms with Crippen LogP contribution in [0.4, 0.5) is 10.8 Å². The normalized spacial score (nSPS) is 17.5. The molecule has 0 fully saturated rings. The molecule has 1 unspecified atom stereocenters. The minimum atomic E-state index is -1.78. The van der Waals surface area contributed by atoms with Crippen molar-refractivity contribution in [3.8, 4) is 0 Å². The second kappa shape index (κ2) is 8.96. The predicted molar refractivity (Wildman–Crippen MR) is 168 cm³/mol. The average Bonchev–Trinajstić information content (AvgIpc) is 3.60. The molecular weight excluding hydrogens is 558 g/mol. The van der Waals surface area contributed by atoms with Crippen LogP contribution in [0.2, 0.25) is 0 Å². The molecule has 0 saturated heterocycles. The maximum Gasteiger partial charge on any atom is 0.297 e. The summed E-state index contributed by atoms with van der Waals surface area (Å²) >= 11 is 1.32. The number of hydrogen-bond donors (Lipinski definition) is 0. The van der Waals surface area contributed by atoms with Crippen LogP contribution in [0.1, 0.15) is 43.9 Å². The summed E-state index contributed by atoms with van der Waals surface area (Å²) in [6.45, 7) is 6.12. The van der Waals surface area contributed by atoms with Gasteiger partial charge in [-0.2, -0.15) is 0 Å². The molecule has 43 heavy (non-hydrogen) atoms. The van der Waals surface area contributed by atoms with E-state index in [-0.39, 0.29) is 17.9 Å². The largest absolute Gasteiger partial charge is 0.450 e. The maximum absolute atomic E-state index is 15.1. The van der Waals surface area contributed by atoms with Crippen molar-refractivity contribution < 1.29 is 14.0 Å². The molecule has 1 atom stereocenters. The third kappa shape index (κ3) is 3.41. The Balaban J connectivity index is 1.47. The first-order valence-corrected chi connectivity index (χ1v) is 14.9. The van der Waals surface area contributed by atoms with Gasteiger partial charge >= 0.3 is 0 Å². The highest BCUT2D eigenvalue weighted by Gasteiger charge is 2.66. The first-order valence-electron chi connectivity index (χ1n) is 14.0. The van der Waals surface area contributed by atoms with Crippen LogP contribution in [0.15, 0.2) is 94.1 Å². The SMILES string of the molecule is Cc1ccc2nc(N3C(=O)c4oc5cc(C)c(C)cc5c(=O)c4C34C(=O)N(Cc3ccccc3)c3ccccc34)sc2c1. The van der Waals surface area contributed by atoms with E-state index in [4.69, 9.17) is 9.40 Å². The molecule has 8 rings (SSSR count). The molecule has 7 nitrogen and oxygen atoms in total. The van der Waals surface area contributed by atoms with Crippen LogP contribution in [-0.2, 0) is 16.9 Å². The van der Waals surface area contributed by atoms with Gasteiger partial charge in [-0.1, -0.05) is 65.9 Å². The molecule has 1 spiro atoms. The van der Waals surface area contributed by atoms with E-state index in [9.17, 15) is 9.59 Å².